The number of nitrogens with zero attached hydrogens (tertiary/aromatic N) is 5. The number of benzene rings is 1. The Bertz CT molecular complexity index is 865. The van der Waals surface area contributed by atoms with Gasteiger partial charge in [-0.05, 0) is 24.3 Å². The molecule has 130 valence electrons. The third-order valence-corrected chi connectivity index (χ3v) is 4.37. The molecule has 1 aliphatic heterocycles. The minimum atomic E-state index is -0.101. The van der Waals surface area contributed by atoms with E-state index in [0.717, 1.165) is 30.9 Å². The van der Waals surface area contributed by atoms with Crippen LogP contribution in [0.2, 0.25) is 0 Å². The van der Waals surface area contributed by atoms with Crippen molar-refractivity contribution in [3.8, 4) is 0 Å². The molecule has 1 N–H and O–H groups in total. The Balaban J connectivity index is 1.37. The molecular formula is C17H20N6O2. The van der Waals surface area contributed by atoms with E-state index >= 15 is 0 Å². The molecule has 8 heteroatoms. The fourth-order valence-electron chi connectivity index (χ4n) is 3.07. The highest BCUT2D eigenvalue weighted by Gasteiger charge is 2.22. The van der Waals surface area contributed by atoms with Gasteiger partial charge in [0.05, 0.1) is 18.5 Å². The van der Waals surface area contributed by atoms with Crippen LogP contribution < -0.4 is 5.32 Å². The second kappa shape index (κ2) is 6.56. The lowest BCUT2D eigenvalue weighted by atomic mass is 10.2. The quantitative estimate of drug-likeness (QED) is 0.788. The van der Waals surface area contributed by atoms with Gasteiger partial charge in [-0.15, -0.1) is 0 Å². The Morgan fingerprint density at radius 2 is 2.00 bits per heavy atom. The number of amides is 2. The van der Waals surface area contributed by atoms with Crippen LogP contribution in [0.4, 0.5) is 10.5 Å². The molecule has 2 aromatic heterocycles. The molecule has 0 saturated carbocycles. The predicted molar refractivity (Wildman–Crippen MR) is 93.1 cm³/mol. The minimum absolute atomic E-state index is 0.101. The molecule has 0 bridgehead atoms. The van der Waals surface area contributed by atoms with Gasteiger partial charge >= 0.3 is 6.03 Å². The van der Waals surface area contributed by atoms with Crippen molar-refractivity contribution < 1.29 is 9.21 Å². The first kappa shape index (κ1) is 15.6. The number of furan rings is 1. The third-order valence-electron chi connectivity index (χ3n) is 4.37. The van der Waals surface area contributed by atoms with E-state index in [1.54, 1.807) is 13.3 Å². The maximum absolute atomic E-state index is 12.6. The first-order chi connectivity index (χ1) is 12.2. The average Bonchev–Trinajstić information content (AvgIpc) is 3.24. The maximum Gasteiger partial charge on any atom is 0.321 e. The van der Waals surface area contributed by atoms with E-state index in [1.165, 1.54) is 4.80 Å². The molecule has 1 saturated heterocycles. The van der Waals surface area contributed by atoms with Gasteiger partial charge in [-0.1, -0.05) is 6.07 Å². The Morgan fingerprint density at radius 3 is 2.76 bits per heavy atom. The monoisotopic (exact) mass is 340 g/mol. The van der Waals surface area contributed by atoms with Crippen LogP contribution in [0.1, 0.15) is 5.76 Å². The first-order valence-electron chi connectivity index (χ1n) is 8.30. The van der Waals surface area contributed by atoms with E-state index in [-0.39, 0.29) is 6.03 Å². The zero-order chi connectivity index (χ0) is 17.2. The van der Waals surface area contributed by atoms with Gasteiger partial charge in [0, 0.05) is 33.2 Å². The highest BCUT2D eigenvalue weighted by molar-refractivity contribution is 5.98. The van der Waals surface area contributed by atoms with Crippen molar-refractivity contribution in [3.05, 3.63) is 42.4 Å². The fraction of sp³-hybridized carbons (Fsp3) is 0.353. The van der Waals surface area contributed by atoms with Crippen LogP contribution in [0.5, 0.6) is 0 Å². The molecule has 8 nitrogen and oxygen atoms in total. The fourth-order valence-corrected chi connectivity index (χ4v) is 3.07. The number of rotatable bonds is 3. The van der Waals surface area contributed by atoms with Gasteiger partial charge < -0.3 is 14.6 Å². The minimum Gasteiger partial charge on any atom is -0.468 e. The normalized spacial score (nSPS) is 15.6. The summed E-state index contributed by atoms with van der Waals surface area (Å²) in [4.78, 5) is 18.2. The van der Waals surface area contributed by atoms with E-state index in [4.69, 9.17) is 4.42 Å². The van der Waals surface area contributed by atoms with Gasteiger partial charge in [0.1, 0.15) is 16.8 Å². The molecule has 1 aromatic carbocycles. The first-order valence-corrected chi connectivity index (χ1v) is 8.30. The van der Waals surface area contributed by atoms with Crippen LogP contribution >= 0.6 is 0 Å². The Hall–Kier alpha value is -2.87. The molecule has 0 radical (unpaired) electrons. The van der Waals surface area contributed by atoms with Crippen LogP contribution in [-0.4, -0.2) is 57.0 Å². The second-order valence-electron chi connectivity index (χ2n) is 6.14. The number of nitrogens with one attached hydrogen (secondary N) is 1. The van der Waals surface area contributed by atoms with Gasteiger partial charge in [0.25, 0.3) is 0 Å². The Labute approximate surface area is 145 Å². The van der Waals surface area contributed by atoms with E-state index in [2.05, 4.69) is 20.4 Å². The number of aryl methyl sites for hydroxylation is 1. The van der Waals surface area contributed by atoms with Crippen molar-refractivity contribution in [1.82, 2.24) is 24.8 Å². The lowest BCUT2D eigenvalue weighted by Crippen LogP contribution is -2.49. The van der Waals surface area contributed by atoms with Crippen molar-refractivity contribution in [3.63, 3.8) is 0 Å². The molecule has 0 spiro atoms. The van der Waals surface area contributed by atoms with Crippen molar-refractivity contribution in [2.45, 2.75) is 6.54 Å². The summed E-state index contributed by atoms with van der Waals surface area (Å²) in [7, 11) is 1.77. The van der Waals surface area contributed by atoms with Gasteiger partial charge in [-0.25, -0.2) is 4.79 Å². The molecule has 0 unspecified atom stereocenters. The standard InChI is InChI=1S/C17H20N6O2/c1-21-19-15-6-2-5-14(16(15)20-21)18-17(24)23-9-7-22(8-10-23)12-13-4-3-11-25-13/h2-6,11H,7-10,12H2,1H3,(H,18,24). The number of piperazine rings is 1. The third kappa shape index (κ3) is 3.34. The number of carbonyl (C=O) groups is 1. The van der Waals surface area contributed by atoms with Gasteiger partial charge in [-0.2, -0.15) is 15.0 Å². The van der Waals surface area contributed by atoms with Crippen molar-refractivity contribution >= 4 is 22.8 Å². The molecule has 1 fully saturated rings. The number of anilines is 1. The Kier molecular flexibility index (Phi) is 4.10. The Morgan fingerprint density at radius 1 is 1.16 bits per heavy atom. The van der Waals surface area contributed by atoms with E-state index in [1.807, 2.05) is 35.2 Å². The molecule has 0 aliphatic carbocycles. The van der Waals surface area contributed by atoms with Crippen LogP contribution in [0, 0.1) is 0 Å². The van der Waals surface area contributed by atoms with Crippen LogP contribution in [0.15, 0.2) is 41.0 Å². The van der Waals surface area contributed by atoms with Crippen LogP contribution in [-0.2, 0) is 13.6 Å². The van der Waals surface area contributed by atoms with Crippen LogP contribution in [0.3, 0.4) is 0 Å². The van der Waals surface area contributed by atoms with E-state index in [0.29, 0.717) is 24.3 Å². The van der Waals surface area contributed by atoms with E-state index in [9.17, 15) is 4.79 Å². The summed E-state index contributed by atoms with van der Waals surface area (Å²) in [5.74, 6) is 0.951. The molecule has 25 heavy (non-hydrogen) atoms. The van der Waals surface area contributed by atoms with Gasteiger partial charge in [0.2, 0.25) is 0 Å². The van der Waals surface area contributed by atoms with E-state index < -0.39 is 0 Å². The van der Waals surface area contributed by atoms with Gasteiger partial charge in [-0.3, -0.25) is 4.90 Å². The lowest BCUT2D eigenvalue weighted by Gasteiger charge is -2.34. The summed E-state index contributed by atoms with van der Waals surface area (Å²) in [6.07, 6.45) is 1.69. The molecular weight excluding hydrogens is 320 g/mol. The topological polar surface area (TPSA) is 79.4 Å². The zero-order valence-corrected chi connectivity index (χ0v) is 14.1. The maximum atomic E-state index is 12.6. The average molecular weight is 340 g/mol. The van der Waals surface area contributed by atoms with Crippen LogP contribution in [0.25, 0.3) is 11.0 Å². The van der Waals surface area contributed by atoms with Crippen molar-refractivity contribution in [2.24, 2.45) is 7.05 Å². The molecule has 2 amide bonds. The summed E-state index contributed by atoms with van der Waals surface area (Å²) < 4.78 is 5.38. The molecule has 3 aromatic rings. The number of aromatic nitrogens is 3. The summed E-state index contributed by atoms with van der Waals surface area (Å²) in [6, 6.07) is 9.37. The summed E-state index contributed by atoms with van der Waals surface area (Å²) in [5.41, 5.74) is 2.16. The SMILES string of the molecule is Cn1nc2cccc(NC(=O)N3CCN(Cc4ccco4)CC3)c2n1. The molecule has 4 rings (SSSR count). The van der Waals surface area contributed by atoms with Crippen molar-refractivity contribution in [2.75, 3.05) is 31.5 Å². The summed E-state index contributed by atoms with van der Waals surface area (Å²) in [6.45, 7) is 3.79. The number of urea groups is 1. The molecule has 1 aliphatic rings. The summed E-state index contributed by atoms with van der Waals surface area (Å²) >= 11 is 0. The van der Waals surface area contributed by atoms with Crippen molar-refractivity contribution in [1.29, 1.82) is 0 Å². The number of carbonyl (C=O) groups excluding carboxylic acids is 1. The smallest absolute Gasteiger partial charge is 0.321 e. The summed E-state index contributed by atoms with van der Waals surface area (Å²) in [5, 5.41) is 11.5. The largest absolute Gasteiger partial charge is 0.468 e. The highest BCUT2D eigenvalue weighted by atomic mass is 16.3. The second-order valence-corrected chi connectivity index (χ2v) is 6.14. The lowest BCUT2D eigenvalue weighted by molar-refractivity contribution is 0.137. The predicted octanol–water partition coefficient (Wildman–Crippen LogP) is 1.91. The zero-order valence-electron chi connectivity index (χ0n) is 14.1. The highest BCUT2D eigenvalue weighted by Crippen LogP contribution is 2.20. The number of fused-ring (bicyclic) bond motifs is 1. The number of hydrogen-bond donors (Lipinski definition) is 1. The number of hydrogen-bond acceptors (Lipinski definition) is 5. The molecule has 3 heterocycles. The van der Waals surface area contributed by atoms with Gasteiger partial charge in [0.15, 0.2) is 0 Å². The molecule has 0 atom stereocenters.